The first-order valence-corrected chi connectivity index (χ1v) is 13.0. The molecule has 0 saturated carbocycles. The number of aliphatic carboxylic acids is 1. The zero-order chi connectivity index (χ0) is 27.1. The Kier molecular flexibility index (Phi) is 6.62. The molecular weight excluding hydrogens is 536 g/mol. The normalized spacial score (nSPS) is 19.3. The Labute approximate surface area is 223 Å². The van der Waals surface area contributed by atoms with Gasteiger partial charge in [0.1, 0.15) is 37.0 Å². The number of nitrogens with one attached hydrogen (secondary N) is 1. The number of fused-ring (bicyclic) bond motifs is 2. The number of carbonyl (C=O) groups excluding carboxylic acids is 2. The molecule has 2 atom stereocenters. The van der Waals surface area contributed by atoms with Crippen LogP contribution < -0.4 is 20.5 Å². The zero-order valence-electron chi connectivity index (χ0n) is 20.4. The topological polar surface area (TPSA) is 185 Å². The van der Waals surface area contributed by atoms with Gasteiger partial charge in [-0.3, -0.25) is 14.5 Å². The van der Waals surface area contributed by atoms with E-state index >= 15 is 0 Å². The average molecular weight is 560 g/mol. The van der Waals surface area contributed by atoms with Crippen molar-refractivity contribution in [3.63, 3.8) is 0 Å². The van der Waals surface area contributed by atoms with Crippen molar-refractivity contribution in [1.29, 1.82) is 0 Å². The van der Waals surface area contributed by atoms with Crippen molar-refractivity contribution >= 4 is 63.4 Å². The molecule has 2 amide bonds. The number of imidazole rings is 1. The van der Waals surface area contributed by atoms with Gasteiger partial charge in [0.25, 0.3) is 11.8 Å². The summed E-state index contributed by atoms with van der Waals surface area (Å²) in [5.41, 5.74) is 6.59. The highest BCUT2D eigenvalue weighted by molar-refractivity contribution is 8.00. The van der Waals surface area contributed by atoms with Crippen LogP contribution in [0.5, 0.6) is 0 Å². The van der Waals surface area contributed by atoms with Gasteiger partial charge in [0.15, 0.2) is 17.1 Å². The Morgan fingerprint density at radius 3 is 2.84 bits per heavy atom. The predicted octanol–water partition coefficient (Wildman–Crippen LogP) is -1.09. The van der Waals surface area contributed by atoms with Gasteiger partial charge in [0, 0.05) is 43.0 Å². The van der Waals surface area contributed by atoms with Crippen molar-refractivity contribution in [2.45, 2.75) is 18.0 Å². The van der Waals surface area contributed by atoms with Crippen molar-refractivity contribution in [2.75, 3.05) is 37.6 Å². The second kappa shape index (κ2) is 9.90. The van der Waals surface area contributed by atoms with Crippen LogP contribution >= 0.6 is 23.3 Å². The molecule has 0 spiro atoms. The van der Waals surface area contributed by atoms with Crippen LogP contribution in [-0.4, -0.2) is 90.8 Å². The van der Waals surface area contributed by atoms with Gasteiger partial charge >= 0.3 is 11.6 Å². The molecule has 0 aliphatic carbocycles. The second-order valence-electron chi connectivity index (χ2n) is 8.51. The van der Waals surface area contributed by atoms with Crippen LogP contribution in [0.1, 0.15) is 5.82 Å². The third-order valence-corrected chi connectivity index (χ3v) is 7.80. The molecule has 0 radical (unpaired) electrons. The Balaban J connectivity index is 1.37. The van der Waals surface area contributed by atoms with Gasteiger partial charge in [-0.2, -0.15) is 9.36 Å². The number of carboxylic acids is 1. The van der Waals surface area contributed by atoms with Gasteiger partial charge in [-0.15, -0.1) is 11.8 Å². The van der Waals surface area contributed by atoms with Crippen molar-refractivity contribution in [1.82, 2.24) is 29.2 Å². The molecule has 1 saturated heterocycles. The van der Waals surface area contributed by atoms with E-state index in [9.17, 15) is 19.5 Å². The van der Waals surface area contributed by atoms with Crippen LogP contribution in [0.15, 0.2) is 41.0 Å². The van der Waals surface area contributed by atoms with Gasteiger partial charge in [0.2, 0.25) is 11.5 Å². The fraction of sp³-hybridized carbons (Fsp3) is 0.333. The molecule has 3 aromatic heterocycles. The molecule has 2 aliphatic rings. The molecule has 17 heteroatoms. The molecule has 4 N–H and O–H groups in total. The summed E-state index contributed by atoms with van der Waals surface area (Å²) in [4.78, 5) is 50.0. The van der Waals surface area contributed by atoms with Crippen LogP contribution in [-0.2, 0) is 25.8 Å². The molecule has 5 heterocycles. The lowest BCUT2D eigenvalue weighted by Crippen LogP contribution is -2.71. The fourth-order valence-corrected chi connectivity index (χ4v) is 5.95. The molecule has 2 aliphatic heterocycles. The highest BCUT2D eigenvalue weighted by Crippen LogP contribution is 2.40. The van der Waals surface area contributed by atoms with Gasteiger partial charge in [-0.1, -0.05) is 14.8 Å². The van der Waals surface area contributed by atoms with Gasteiger partial charge in [-0.25, -0.2) is 9.36 Å². The lowest BCUT2D eigenvalue weighted by atomic mass is 10.0. The molecule has 15 nitrogen and oxygen atoms in total. The minimum atomic E-state index is -1.22. The van der Waals surface area contributed by atoms with E-state index in [-0.39, 0.29) is 28.9 Å². The molecule has 0 aromatic carbocycles. The summed E-state index contributed by atoms with van der Waals surface area (Å²) < 4.78 is 7.54. The number of amides is 2. The number of thioether (sulfide) groups is 1. The monoisotopic (exact) mass is 559 g/mol. The lowest BCUT2D eigenvalue weighted by molar-refractivity contribution is -0.662. The van der Waals surface area contributed by atoms with Crippen LogP contribution in [0.4, 0.5) is 10.9 Å². The smallest absolute Gasteiger partial charge is 0.352 e. The Bertz CT molecular complexity index is 1510. The number of nitrogen functional groups attached to an aromatic ring is 1. The third kappa shape index (κ3) is 4.38. The number of oxime groups is 1. The summed E-state index contributed by atoms with van der Waals surface area (Å²) in [6.45, 7) is 0.253. The average Bonchev–Trinajstić information content (AvgIpc) is 3.50. The number of hydrogen-bond donors (Lipinski definition) is 3. The summed E-state index contributed by atoms with van der Waals surface area (Å²) in [6, 6.07) is 2.80. The zero-order valence-corrected chi connectivity index (χ0v) is 22.1. The van der Waals surface area contributed by atoms with E-state index in [1.165, 1.54) is 23.8 Å². The summed E-state index contributed by atoms with van der Waals surface area (Å²) in [7, 11) is 5.04. The summed E-state index contributed by atoms with van der Waals surface area (Å²) in [5, 5.41) is 20.4. The second-order valence-corrected chi connectivity index (χ2v) is 10.4. The van der Waals surface area contributed by atoms with E-state index in [1.807, 2.05) is 41.9 Å². The minimum Gasteiger partial charge on any atom is -0.477 e. The number of carboxylic acid groups (broad SMARTS) is 1. The first-order valence-electron chi connectivity index (χ1n) is 11.2. The number of anilines is 2. The van der Waals surface area contributed by atoms with Crippen LogP contribution in [0.3, 0.4) is 0 Å². The Morgan fingerprint density at radius 2 is 2.18 bits per heavy atom. The number of nitrogens with zero attached hydrogens (tertiary/aromatic N) is 8. The minimum absolute atomic E-state index is 0.0378. The van der Waals surface area contributed by atoms with E-state index in [2.05, 4.69) is 24.9 Å². The number of aromatic nitrogens is 5. The van der Waals surface area contributed by atoms with E-state index in [0.29, 0.717) is 11.3 Å². The lowest BCUT2D eigenvalue weighted by Gasteiger charge is -2.49. The molecular formula is C21H23N10O5S2+. The maximum absolute atomic E-state index is 13.1. The van der Waals surface area contributed by atoms with Gasteiger partial charge in [0.05, 0.1) is 0 Å². The van der Waals surface area contributed by atoms with E-state index in [1.54, 1.807) is 10.7 Å². The molecule has 0 bridgehead atoms. The van der Waals surface area contributed by atoms with Gasteiger partial charge in [-0.05, 0) is 6.07 Å². The number of hydrogen-bond acceptors (Lipinski definition) is 12. The summed E-state index contributed by atoms with van der Waals surface area (Å²) >= 11 is 2.24. The quantitative estimate of drug-likeness (QED) is 0.132. The molecule has 198 valence electrons. The van der Waals surface area contributed by atoms with E-state index in [0.717, 1.165) is 23.0 Å². The van der Waals surface area contributed by atoms with Gasteiger partial charge < -0.3 is 25.9 Å². The van der Waals surface area contributed by atoms with E-state index < -0.39 is 29.2 Å². The maximum Gasteiger partial charge on any atom is 0.352 e. The van der Waals surface area contributed by atoms with Crippen molar-refractivity contribution < 1.29 is 28.9 Å². The largest absolute Gasteiger partial charge is 0.477 e. The molecule has 3 aromatic rings. The number of β-lactam (4-membered cyclic amide) rings is 1. The first-order chi connectivity index (χ1) is 18.2. The van der Waals surface area contributed by atoms with Crippen LogP contribution in [0.25, 0.3) is 5.65 Å². The highest BCUT2D eigenvalue weighted by Gasteiger charge is 2.54. The number of rotatable bonds is 8. The Morgan fingerprint density at radius 1 is 1.39 bits per heavy atom. The molecule has 38 heavy (non-hydrogen) atoms. The number of carbonyl (C=O) groups is 3. The van der Waals surface area contributed by atoms with Crippen molar-refractivity contribution in [3.8, 4) is 0 Å². The molecule has 1 fully saturated rings. The highest BCUT2D eigenvalue weighted by atomic mass is 32.2. The fourth-order valence-electron chi connectivity index (χ4n) is 4.18. The van der Waals surface area contributed by atoms with E-state index in [4.69, 9.17) is 10.6 Å². The standard InChI is InChI=1S/C21H22N10O5S2/c1-28(2)11-4-5-12-29(6-7-30(12)25-11)8-10-9-37-19-14(18(33)31(19)15(10)20(34)35)23-17(32)13(26-36-3)16-24-21(22)38-27-16/h4-7,14,19H,8-9H2,1-3H3,(H3-,22,23,24,27,32,34,35)/p+1/b26-13-/t14-,19-/m1/s1. The predicted molar refractivity (Wildman–Crippen MR) is 137 cm³/mol. The van der Waals surface area contributed by atoms with Crippen molar-refractivity contribution in [3.05, 3.63) is 41.6 Å². The van der Waals surface area contributed by atoms with Crippen LogP contribution in [0.2, 0.25) is 0 Å². The molecule has 0 unspecified atom stereocenters. The molecule has 5 rings (SSSR count). The number of nitrogens with two attached hydrogens (primary N) is 1. The summed E-state index contributed by atoms with van der Waals surface area (Å²) in [6.07, 6.45) is 3.59. The van der Waals surface area contributed by atoms with Crippen LogP contribution in [0, 0.1) is 0 Å². The summed E-state index contributed by atoms with van der Waals surface area (Å²) in [5.74, 6) is -1.42. The Hall–Kier alpha value is -4.25. The van der Waals surface area contributed by atoms with Crippen molar-refractivity contribution in [2.24, 2.45) is 5.16 Å². The maximum atomic E-state index is 13.1. The first kappa shape index (κ1) is 25.4. The SMILES string of the molecule is CO/N=C(\C(=O)N[C@@H]1C(=O)N2C(C(=O)O)=C(C[n+]3ccn4nc(N(C)C)ccc43)CS[C@H]12)c1nsc(N)n1. The third-order valence-electron chi connectivity index (χ3n) is 5.92.